The maximum Gasteiger partial charge on any atom is 0.328 e. The summed E-state index contributed by atoms with van der Waals surface area (Å²) in [7, 11) is 2.92. The molecule has 7 nitrogen and oxygen atoms in total. The Kier molecular flexibility index (Phi) is 5.75. The van der Waals surface area contributed by atoms with Crippen LogP contribution in [-0.2, 0) is 16.1 Å². The molecule has 0 saturated carbocycles. The van der Waals surface area contributed by atoms with Gasteiger partial charge in [-0.25, -0.2) is 14.6 Å². The number of carbonyl (C=O) groups is 2. The fraction of sp³-hybridized carbons (Fsp3) is 0.583. The third-order valence-electron chi connectivity index (χ3n) is 2.72. The van der Waals surface area contributed by atoms with Crippen molar-refractivity contribution in [3.8, 4) is 0 Å². The predicted molar refractivity (Wildman–Crippen MR) is 77.2 cm³/mol. The quantitative estimate of drug-likeness (QED) is 0.793. The van der Waals surface area contributed by atoms with Crippen LogP contribution in [0, 0.1) is 5.92 Å². The van der Waals surface area contributed by atoms with Crippen LogP contribution in [0.1, 0.15) is 19.5 Å². The molecule has 112 valence electrons. The van der Waals surface area contributed by atoms with Gasteiger partial charge in [-0.2, -0.15) is 0 Å². The van der Waals surface area contributed by atoms with Gasteiger partial charge in [-0.1, -0.05) is 13.8 Å². The average molecular weight is 300 g/mol. The van der Waals surface area contributed by atoms with E-state index in [1.54, 1.807) is 12.4 Å². The SMILES string of the molecule is COC(=O)C(NC(=O)N(C)Cc1csc(N)n1)C(C)C. The largest absolute Gasteiger partial charge is 0.467 e. The first kappa shape index (κ1) is 16.2. The number of carbonyl (C=O) groups excluding carboxylic acids is 2. The number of hydrogen-bond donors (Lipinski definition) is 2. The molecule has 0 fully saturated rings. The summed E-state index contributed by atoms with van der Waals surface area (Å²) in [4.78, 5) is 29.2. The molecule has 1 unspecified atom stereocenters. The highest BCUT2D eigenvalue weighted by atomic mass is 32.1. The van der Waals surface area contributed by atoms with E-state index in [-0.39, 0.29) is 11.9 Å². The van der Waals surface area contributed by atoms with Crippen LogP contribution in [0.3, 0.4) is 0 Å². The lowest BCUT2D eigenvalue weighted by Gasteiger charge is -2.23. The lowest BCUT2D eigenvalue weighted by Crippen LogP contribution is -2.49. The number of urea groups is 1. The Hall–Kier alpha value is -1.83. The number of nitrogen functional groups attached to an aromatic ring is 1. The van der Waals surface area contributed by atoms with Crippen LogP contribution in [0.5, 0.6) is 0 Å². The third-order valence-corrected chi connectivity index (χ3v) is 3.44. The second kappa shape index (κ2) is 7.09. The van der Waals surface area contributed by atoms with E-state index in [2.05, 4.69) is 15.0 Å². The molecule has 1 heterocycles. The van der Waals surface area contributed by atoms with Crippen molar-refractivity contribution in [1.29, 1.82) is 0 Å². The summed E-state index contributed by atoms with van der Waals surface area (Å²) >= 11 is 1.32. The van der Waals surface area contributed by atoms with Gasteiger partial charge in [0.2, 0.25) is 0 Å². The Labute approximate surface area is 122 Å². The Morgan fingerprint density at radius 1 is 1.55 bits per heavy atom. The third kappa shape index (κ3) is 4.37. The average Bonchev–Trinajstić information content (AvgIpc) is 2.79. The zero-order valence-electron chi connectivity index (χ0n) is 12.0. The lowest BCUT2D eigenvalue weighted by molar-refractivity contribution is -0.144. The van der Waals surface area contributed by atoms with Crippen molar-refractivity contribution in [2.24, 2.45) is 5.92 Å². The molecule has 0 aromatic carbocycles. The van der Waals surface area contributed by atoms with Gasteiger partial charge in [0.05, 0.1) is 19.3 Å². The molecule has 0 radical (unpaired) electrons. The predicted octanol–water partition coefficient (Wildman–Crippen LogP) is 1.06. The summed E-state index contributed by atoms with van der Waals surface area (Å²) in [5.74, 6) is -0.519. The molecule has 20 heavy (non-hydrogen) atoms. The summed E-state index contributed by atoms with van der Waals surface area (Å²) in [5, 5.41) is 4.90. The highest BCUT2D eigenvalue weighted by Crippen LogP contribution is 2.12. The molecule has 1 aromatic rings. The van der Waals surface area contributed by atoms with Gasteiger partial charge in [-0.05, 0) is 5.92 Å². The number of esters is 1. The van der Waals surface area contributed by atoms with Crippen LogP contribution < -0.4 is 11.1 Å². The van der Waals surface area contributed by atoms with Gasteiger partial charge in [0.15, 0.2) is 5.13 Å². The number of thiazole rings is 1. The van der Waals surface area contributed by atoms with Crippen LogP contribution in [0.25, 0.3) is 0 Å². The van der Waals surface area contributed by atoms with Gasteiger partial charge in [-0.15, -0.1) is 11.3 Å². The molecule has 3 N–H and O–H groups in total. The van der Waals surface area contributed by atoms with Gasteiger partial charge in [-0.3, -0.25) is 0 Å². The Bertz CT molecular complexity index is 475. The number of nitrogens with two attached hydrogens (primary N) is 1. The van der Waals surface area contributed by atoms with E-state index < -0.39 is 12.0 Å². The summed E-state index contributed by atoms with van der Waals surface area (Å²) in [5.41, 5.74) is 6.25. The molecule has 1 atom stereocenters. The molecule has 2 amide bonds. The fourth-order valence-corrected chi connectivity index (χ4v) is 2.13. The van der Waals surface area contributed by atoms with Crippen molar-refractivity contribution in [2.75, 3.05) is 19.9 Å². The molecule has 0 aliphatic rings. The topological polar surface area (TPSA) is 97.5 Å². The maximum atomic E-state index is 12.0. The van der Waals surface area contributed by atoms with Crippen molar-refractivity contribution < 1.29 is 14.3 Å². The molecule has 0 saturated heterocycles. The van der Waals surface area contributed by atoms with Gasteiger partial charge in [0.25, 0.3) is 0 Å². The summed E-state index contributed by atoms with van der Waals surface area (Å²) in [6.45, 7) is 4.00. The molecule has 0 aliphatic heterocycles. The molecular weight excluding hydrogens is 280 g/mol. The number of aromatic nitrogens is 1. The van der Waals surface area contributed by atoms with Crippen LogP contribution >= 0.6 is 11.3 Å². The van der Waals surface area contributed by atoms with Crippen LogP contribution in [0.4, 0.5) is 9.93 Å². The summed E-state index contributed by atoms with van der Waals surface area (Å²) in [6, 6.07) is -1.03. The molecule has 0 aliphatic carbocycles. The van der Waals surface area contributed by atoms with E-state index in [0.717, 1.165) is 0 Å². The van der Waals surface area contributed by atoms with E-state index in [1.165, 1.54) is 23.3 Å². The minimum Gasteiger partial charge on any atom is -0.467 e. The summed E-state index contributed by atoms with van der Waals surface area (Å²) < 4.78 is 4.68. The van der Waals surface area contributed by atoms with Crippen molar-refractivity contribution in [2.45, 2.75) is 26.4 Å². The number of nitrogens with one attached hydrogen (secondary N) is 1. The first-order valence-corrected chi connectivity index (χ1v) is 7.02. The number of anilines is 1. The zero-order valence-corrected chi connectivity index (χ0v) is 12.9. The van der Waals surface area contributed by atoms with Crippen LogP contribution in [0.2, 0.25) is 0 Å². The van der Waals surface area contributed by atoms with E-state index in [0.29, 0.717) is 17.4 Å². The molecule has 8 heteroatoms. The first-order valence-electron chi connectivity index (χ1n) is 6.14. The number of rotatable bonds is 5. The number of amides is 2. The van der Waals surface area contributed by atoms with Crippen molar-refractivity contribution in [3.05, 3.63) is 11.1 Å². The Morgan fingerprint density at radius 2 is 2.20 bits per heavy atom. The Balaban J connectivity index is 2.61. The van der Waals surface area contributed by atoms with Crippen molar-refractivity contribution >= 4 is 28.5 Å². The van der Waals surface area contributed by atoms with Crippen molar-refractivity contribution in [1.82, 2.24) is 15.2 Å². The van der Waals surface area contributed by atoms with Gasteiger partial charge < -0.3 is 20.7 Å². The van der Waals surface area contributed by atoms with E-state index in [1.807, 2.05) is 13.8 Å². The monoisotopic (exact) mass is 300 g/mol. The molecule has 1 rings (SSSR count). The van der Waals surface area contributed by atoms with Crippen LogP contribution in [-0.4, -0.2) is 42.1 Å². The second-order valence-corrected chi connectivity index (χ2v) is 5.62. The molecule has 0 bridgehead atoms. The fourth-order valence-electron chi connectivity index (χ4n) is 1.58. The number of hydrogen-bond acceptors (Lipinski definition) is 6. The van der Waals surface area contributed by atoms with Crippen LogP contribution in [0.15, 0.2) is 5.38 Å². The van der Waals surface area contributed by atoms with E-state index in [4.69, 9.17) is 5.73 Å². The smallest absolute Gasteiger partial charge is 0.328 e. The maximum absolute atomic E-state index is 12.0. The molecule has 1 aromatic heterocycles. The number of methoxy groups -OCH3 is 1. The standard InChI is InChI=1S/C12H20N4O3S/c1-7(2)9(10(17)19-4)15-12(18)16(3)5-8-6-20-11(13)14-8/h6-7,9H,5H2,1-4H3,(H2,13,14)(H,15,18). The number of ether oxygens (including phenoxy) is 1. The van der Waals surface area contributed by atoms with Gasteiger partial charge >= 0.3 is 12.0 Å². The van der Waals surface area contributed by atoms with E-state index in [9.17, 15) is 9.59 Å². The highest BCUT2D eigenvalue weighted by molar-refractivity contribution is 7.13. The zero-order chi connectivity index (χ0) is 15.3. The minimum absolute atomic E-state index is 0.0604. The van der Waals surface area contributed by atoms with E-state index >= 15 is 0 Å². The van der Waals surface area contributed by atoms with Gasteiger partial charge in [0.1, 0.15) is 6.04 Å². The second-order valence-electron chi connectivity index (χ2n) is 4.73. The van der Waals surface area contributed by atoms with Gasteiger partial charge in [0, 0.05) is 12.4 Å². The normalized spacial score (nSPS) is 12.1. The molecular formula is C12H20N4O3S. The number of nitrogens with zero attached hydrogens (tertiary/aromatic N) is 2. The first-order chi connectivity index (χ1) is 9.35. The summed E-state index contributed by atoms with van der Waals surface area (Å²) in [6.07, 6.45) is 0. The minimum atomic E-state index is -0.671. The molecule has 0 spiro atoms. The Morgan fingerprint density at radius 3 is 2.65 bits per heavy atom. The highest BCUT2D eigenvalue weighted by Gasteiger charge is 2.26. The van der Waals surface area contributed by atoms with Crippen molar-refractivity contribution in [3.63, 3.8) is 0 Å². The lowest BCUT2D eigenvalue weighted by atomic mass is 10.1.